The van der Waals surface area contributed by atoms with Gasteiger partial charge in [-0.05, 0) is 63.2 Å². The summed E-state index contributed by atoms with van der Waals surface area (Å²) in [5, 5.41) is 0. The molecule has 172 valence electrons. The number of carbonyl (C=O) groups is 3. The van der Waals surface area contributed by atoms with Gasteiger partial charge in [-0.25, -0.2) is 0 Å². The van der Waals surface area contributed by atoms with Crippen LogP contribution in [0.3, 0.4) is 0 Å². The second kappa shape index (κ2) is 7.43. The molecule has 5 rings (SSSR count). The smallest absolute Gasteiger partial charge is 0.307 e. The number of hydrogen-bond acceptors (Lipinski definition) is 5. The fourth-order valence-corrected chi connectivity index (χ4v) is 7.93. The number of ether oxygens (including phenoxy) is 2. The minimum atomic E-state index is -0.424. The summed E-state index contributed by atoms with van der Waals surface area (Å²) in [5.41, 5.74) is 2.33. The lowest BCUT2D eigenvalue weighted by molar-refractivity contribution is -0.161. The van der Waals surface area contributed by atoms with E-state index in [1.807, 2.05) is 0 Å². The third-order valence-electron chi connectivity index (χ3n) is 9.62. The predicted molar refractivity (Wildman–Crippen MR) is 119 cm³/mol. The van der Waals surface area contributed by atoms with Crippen LogP contribution in [0.2, 0.25) is 0 Å². The molecule has 4 aliphatic carbocycles. The zero-order valence-electron chi connectivity index (χ0n) is 19.4. The van der Waals surface area contributed by atoms with Gasteiger partial charge in [0.1, 0.15) is 5.60 Å². The molecule has 32 heavy (non-hydrogen) atoms. The van der Waals surface area contributed by atoms with Crippen LogP contribution < -0.4 is 0 Å². The molecule has 1 aliphatic heterocycles. The molecule has 0 amide bonds. The minimum absolute atomic E-state index is 0.0305. The standard InChI is InChI=1S/C27H34O5/c1-17(28)31-15-10-22(29)19-16-18-6-4-5-11-25(18,2)20-7-12-26(3)21(24(19)20)8-13-27(26)14-9-23(30)32-27/h6-7,10,15,19,21,24H,4-5,8-9,11-14,16H2,1-3H3/b15-10+/t19-,21-,24+,25-,26-,27+/m0/s1. The highest BCUT2D eigenvalue weighted by molar-refractivity contribution is 5.93. The van der Waals surface area contributed by atoms with E-state index in [2.05, 4.69) is 26.0 Å². The highest BCUT2D eigenvalue weighted by atomic mass is 16.6. The molecule has 0 aromatic heterocycles. The van der Waals surface area contributed by atoms with Crippen LogP contribution in [0.5, 0.6) is 0 Å². The average Bonchev–Trinajstić information content (AvgIpc) is 3.27. The van der Waals surface area contributed by atoms with E-state index < -0.39 is 5.97 Å². The van der Waals surface area contributed by atoms with Gasteiger partial charge in [0.15, 0.2) is 5.78 Å². The number of esters is 2. The highest BCUT2D eigenvalue weighted by Gasteiger charge is 2.66. The number of ketones is 1. The van der Waals surface area contributed by atoms with E-state index in [9.17, 15) is 14.4 Å². The van der Waals surface area contributed by atoms with Crippen LogP contribution >= 0.6 is 0 Å². The molecule has 1 spiro atoms. The highest BCUT2D eigenvalue weighted by Crippen LogP contribution is 2.69. The largest absolute Gasteiger partial charge is 0.458 e. The molecule has 0 N–H and O–H groups in total. The summed E-state index contributed by atoms with van der Waals surface area (Å²) in [6, 6.07) is 0. The number of allylic oxidation sites excluding steroid dienone is 5. The normalized spacial score (nSPS) is 42.6. The predicted octanol–water partition coefficient (Wildman–Crippen LogP) is 5.21. The lowest BCUT2D eigenvalue weighted by Gasteiger charge is -2.57. The topological polar surface area (TPSA) is 69.7 Å². The number of hydrogen-bond donors (Lipinski definition) is 0. The molecular formula is C27H34O5. The van der Waals surface area contributed by atoms with Crippen molar-refractivity contribution in [2.75, 3.05) is 0 Å². The maximum absolute atomic E-state index is 13.5. The summed E-state index contributed by atoms with van der Waals surface area (Å²) in [7, 11) is 0. The Morgan fingerprint density at radius 3 is 2.72 bits per heavy atom. The Balaban J connectivity index is 1.56. The van der Waals surface area contributed by atoms with Gasteiger partial charge in [-0.1, -0.05) is 37.1 Å². The van der Waals surface area contributed by atoms with Gasteiger partial charge in [0.05, 0.1) is 6.26 Å². The van der Waals surface area contributed by atoms with Crippen molar-refractivity contribution in [3.63, 3.8) is 0 Å². The van der Waals surface area contributed by atoms with Crippen molar-refractivity contribution in [2.45, 2.75) is 84.2 Å². The molecule has 0 unspecified atom stereocenters. The van der Waals surface area contributed by atoms with E-state index in [-0.39, 0.29) is 40.0 Å². The average molecular weight is 439 g/mol. The SMILES string of the molecule is CC(=O)O/C=C/C(=O)[C@@H]1CC2=CCCC[C@]2(C)C2=CC[C@@]3(C)[C@@H](CC[C@@]34CCC(=O)O4)[C@@H]21. The van der Waals surface area contributed by atoms with Gasteiger partial charge in [0.25, 0.3) is 0 Å². The zero-order valence-corrected chi connectivity index (χ0v) is 19.4. The van der Waals surface area contributed by atoms with Crippen LogP contribution in [-0.4, -0.2) is 23.3 Å². The van der Waals surface area contributed by atoms with Gasteiger partial charge in [0.2, 0.25) is 0 Å². The van der Waals surface area contributed by atoms with Gasteiger partial charge < -0.3 is 9.47 Å². The first-order valence-corrected chi connectivity index (χ1v) is 12.2. The van der Waals surface area contributed by atoms with Crippen molar-refractivity contribution in [1.29, 1.82) is 0 Å². The summed E-state index contributed by atoms with van der Waals surface area (Å²) in [6.45, 7) is 6.00. The molecular weight excluding hydrogens is 404 g/mol. The fourth-order valence-electron chi connectivity index (χ4n) is 7.93. The quantitative estimate of drug-likeness (QED) is 0.262. The summed E-state index contributed by atoms with van der Waals surface area (Å²) in [5.74, 6) is -0.183. The van der Waals surface area contributed by atoms with Crippen LogP contribution in [0.4, 0.5) is 0 Å². The van der Waals surface area contributed by atoms with Crippen LogP contribution in [-0.2, 0) is 23.9 Å². The van der Waals surface area contributed by atoms with Crippen molar-refractivity contribution in [3.8, 4) is 0 Å². The van der Waals surface area contributed by atoms with E-state index in [4.69, 9.17) is 9.47 Å². The first-order chi connectivity index (χ1) is 15.2. The van der Waals surface area contributed by atoms with Crippen molar-refractivity contribution in [1.82, 2.24) is 0 Å². The van der Waals surface area contributed by atoms with Crippen LogP contribution in [0.1, 0.15) is 78.6 Å². The van der Waals surface area contributed by atoms with E-state index in [1.165, 1.54) is 36.8 Å². The molecule has 2 saturated carbocycles. The first-order valence-electron chi connectivity index (χ1n) is 12.2. The first kappa shape index (κ1) is 21.7. The molecule has 6 atom stereocenters. The maximum atomic E-state index is 13.5. The number of fused-ring (bicyclic) bond motifs is 6. The van der Waals surface area contributed by atoms with Crippen LogP contribution in [0.25, 0.3) is 0 Å². The third kappa shape index (κ3) is 2.99. The van der Waals surface area contributed by atoms with E-state index >= 15 is 0 Å². The van der Waals surface area contributed by atoms with Gasteiger partial charge in [-0.3, -0.25) is 14.4 Å². The lowest BCUT2D eigenvalue weighted by Crippen LogP contribution is -2.53. The van der Waals surface area contributed by atoms with E-state index in [1.54, 1.807) is 0 Å². The Bertz CT molecular complexity index is 957. The molecule has 0 aromatic carbocycles. The Morgan fingerprint density at radius 2 is 2.00 bits per heavy atom. The number of rotatable bonds is 3. The Kier molecular flexibility index (Phi) is 5.03. The molecule has 5 heteroatoms. The summed E-state index contributed by atoms with van der Waals surface area (Å²) in [4.78, 5) is 36.8. The second-order valence-electron chi connectivity index (χ2n) is 11.0. The van der Waals surface area contributed by atoms with E-state index in [0.29, 0.717) is 12.3 Å². The minimum Gasteiger partial charge on any atom is -0.458 e. The lowest BCUT2D eigenvalue weighted by atomic mass is 9.47. The van der Waals surface area contributed by atoms with Gasteiger partial charge in [-0.2, -0.15) is 0 Å². The van der Waals surface area contributed by atoms with Crippen LogP contribution in [0.15, 0.2) is 35.6 Å². The van der Waals surface area contributed by atoms with Gasteiger partial charge in [-0.15, -0.1) is 0 Å². The summed E-state index contributed by atoms with van der Waals surface area (Å²) in [6.07, 6.45) is 15.7. The Labute approximate surface area is 190 Å². The molecule has 5 aliphatic rings. The zero-order chi connectivity index (χ0) is 22.7. The van der Waals surface area contributed by atoms with Crippen molar-refractivity contribution >= 4 is 17.7 Å². The molecule has 3 fully saturated rings. The number of carbonyl (C=O) groups excluding carboxylic acids is 3. The monoisotopic (exact) mass is 438 g/mol. The maximum Gasteiger partial charge on any atom is 0.307 e. The van der Waals surface area contributed by atoms with Gasteiger partial charge in [0, 0.05) is 36.2 Å². The molecule has 5 nitrogen and oxygen atoms in total. The molecule has 0 bridgehead atoms. The second-order valence-corrected chi connectivity index (χ2v) is 11.0. The third-order valence-corrected chi connectivity index (χ3v) is 9.62. The van der Waals surface area contributed by atoms with Crippen LogP contribution in [0, 0.1) is 28.6 Å². The molecule has 0 radical (unpaired) electrons. The molecule has 1 heterocycles. The summed E-state index contributed by atoms with van der Waals surface area (Å²) < 4.78 is 11.0. The van der Waals surface area contributed by atoms with E-state index in [0.717, 1.165) is 44.9 Å². The Morgan fingerprint density at radius 1 is 1.19 bits per heavy atom. The summed E-state index contributed by atoms with van der Waals surface area (Å²) >= 11 is 0. The van der Waals surface area contributed by atoms with Crippen molar-refractivity contribution < 1.29 is 23.9 Å². The van der Waals surface area contributed by atoms with Crippen molar-refractivity contribution in [3.05, 3.63) is 35.6 Å². The fraction of sp³-hybridized carbons (Fsp3) is 0.667. The molecule has 0 aromatic rings. The Hall–Kier alpha value is -2.17. The van der Waals surface area contributed by atoms with Crippen molar-refractivity contribution in [2.24, 2.45) is 28.6 Å². The van der Waals surface area contributed by atoms with Gasteiger partial charge >= 0.3 is 11.9 Å². The molecule has 1 saturated heterocycles.